The third kappa shape index (κ3) is 6.33. The molecule has 3 fully saturated rings. The van der Waals surface area contributed by atoms with Crippen LogP contribution in [-0.2, 0) is 52.5 Å². The van der Waals surface area contributed by atoms with Crippen molar-refractivity contribution in [2.24, 2.45) is 22.7 Å². The standard InChI is InChI=1S/C30H42O11/c1-15-21-10-11-22-27(40-19(5)34)30(21,14-29(22,9)41-20(6)35)13-24(38-17(3)32)26(36)28(7,8)25(39-18(4)33)12-23(15)37-16(2)31/h21-25,27H,1,10-14H2,2-9H3/t21-,22+,23+,24+,25-,27+,29+,30-/m0/s1. The number of carbonyl (C=O) groups excluding carboxylic acids is 6. The molecular weight excluding hydrogens is 536 g/mol. The van der Waals surface area contributed by atoms with E-state index in [1.54, 1.807) is 20.8 Å². The molecule has 3 aliphatic rings. The van der Waals surface area contributed by atoms with Gasteiger partial charge < -0.3 is 23.7 Å². The Balaban J connectivity index is 2.30. The molecule has 228 valence electrons. The maximum atomic E-state index is 14.2. The second-order valence-electron chi connectivity index (χ2n) is 12.5. The summed E-state index contributed by atoms with van der Waals surface area (Å²) < 4.78 is 28.8. The van der Waals surface area contributed by atoms with Crippen molar-refractivity contribution in [3.8, 4) is 0 Å². The lowest BCUT2D eigenvalue weighted by Gasteiger charge is -2.50. The van der Waals surface area contributed by atoms with Crippen molar-refractivity contribution in [2.75, 3.05) is 0 Å². The molecule has 41 heavy (non-hydrogen) atoms. The van der Waals surface area contributed by atoms with Gasteiger partial charge >= 0.3 is 29.8 Å². The third-order valence-electron chi connectivity index (χ3n) is 9.04. The van der Waals surface area contributed by atoms with Crippen LogP contribution in [0.15, 0.2) is 12.2 Å². The number of ether oxygens (including phenoxy) is 5. The molecular formula is C30H42O11. The molecule has 11 nitrogen and oxygen atoms in total. The summed E-state index contributed by atoms with van der Waals surface area (Å²) in [5.41, 5.74) is -3.04. The van der Waals surface area contributed by atoms with Crippen molar-refractivity contribution >= 4 is 35.6 Å². The van der Waals surface area contributed by atoms with Crippen LogP contribution in [0, 0.1) is 22.7 Å². The Hall–Kier alpha value is -3.24. The summed E-state index contributed by atoms with van der Waals surface area (Å²) >= 11 is 0. The molecule has 0 unspecified atom stereocenters. The van der Waals surface area contributed by atoms with Gasteiger partial charge in [0.05, 0.1) is 5.41 Å². The van der Waals surface area contributed by atoms with Crippen LogP contribution in [-0.4, -0.2) is 65.6 Å². The number of ketones is 1. The predicted octanol–water partition coefficient (Wildman–Crippen LogP) is 3.40. The maximum absolute atomic E-state index is 14.2. The van der Waals surface area contributed by atoms with Gasteiger partial charge in [-0.1, -0.05) is 6.58 Å². The van der Waals surface area contributed by atoms with Crippen LogP contribution in [0.2, 0.25) is 0 Å². The van der Waals surface area contributed by atoms with Crippen molar-refractivity contribution in [2.45, 2.75) is 118 Å². The molecule has 3 saturated carbocycles. The molecule has 3 aliphatic carbocycles. The lowest BCUT2D eigenvalue weighted by atomic mass is 9.58. The number of carbonyl (C=O) groups is 6. The van der Waals surface area contributed by atoms with E-state index in [2.05, 4.69) is 6.58 Å². The molecule has 0 aliphatic heterocycles. The van der Waals surface area contributed by atoms with E-state index in [0.717, 1.165) is 0 Å². The molecule has 0 N–H and O–H groups in total. The van der Waals surface area contributed by atoms with Crippen molar-refractivity contribution in [3.63, 3.8) is 0 Å². The Morgan fingerprint density at radius 1 is 0.756 bits per heavy atom. The normalized spacial score (nSPS) is 36.3. The summed E-state index contributed by atoms with van der Waals surface area (Å²) in [6, 6.07) is 0. The molecule has 0 aromatic rings. The monoisotopic (exact) mass is 578 g/mol. The Bertz CT molecular complexity index is 1140. The predicted molar refractivity (Wildman–Crippen MR) is 143 cm³/mol. The van der Waals surface area contributed by atoms with E-state index < -0.39 is 88.3 Å². The quantitative estimate of drug-likeness (QED) is 0.268. The van der Waals surface area contributed by atoms with Crippen LogP contribution in [0.4, 0.5) is 0 Å². The summed E-state index contributed by atoms with van der Waals surface area (Å²) in [7, 11) is 0. The average molecular weight is 579 g/mol. The zero-order valence-electron chi connectivity index (χ0n) is 25.2. The van der Waals surface area contributed by atoms with Crippen molar-refractivity contribution in [1.29, 1.82) is 0 Å². The minimum absolute atomic E-state index is 0.0705. The smallest absolute Gasteiger partial charge is 0.303 e. The van der Waals surface area contributed by atoms with Crippen molar-refractivity contribution in [1.82, 2.24) is 0 Å². The SMILES string of the molecule is C=C1[C@H](OC(C)=O)C[C@H](OC(C)=O)C(C)(C)C(=O)[C@H](OC(C)=O)C[C@]23C[C@@](C)(OC(C)=O)[C@H](CC[C@@H]12)[C@H]3OC(C)=O. The molecule has 3 rings (SSSR count). The molecule has 0 aromatic heterocycles. The largest absolute Gasteiger partial charge is 0.461 e. The van der Waals surface area contributed by atoms with Crippen LogP contribution < -0.4 is 0 Å². The molecule has 11 heteroatoms. The Labute approximate surface area is 240 Å². The van der Waals surface area contributed by atoms with Crippen LogP contribution in [0.3, 0.4) is 0 Å². The number of esters is 5. The summed E-state index contributed by atoms with van der Waals surface area (Å²) in [6.45, 7) is 15.5. The first-order valence-electron chi connectivity index (χ1n) is 14.0. The molecule has 2 bridgehead atoms. The summed E-state index contributed by atoms with van der Waals surface area (Å²) in [5, 5.41) is 0. The van der Waals surface area contributed by atoms with E-state index >= 15 is 0 Å². The lowest BCUT2D eigenvalue weighted by molar-refractivity contribution is -0.179. The second-order valence-corrected chi connectivity index (χ2v) is 12.5. The summed E-state index contributed by atoms with van der Waals surface area (Å²) in [6.07, 6.45) is -3.14. The minimum Gasteiger partial charge on any atom is -0.461 e. The zero-order valence-corrected chi connectivity index (χ0v) is 25.2. The van der Waals surface area contributed by atoms with Gasteiger partial charge in [0.25, 0.3) is 0 Å². The van der Waals surface area contributed by atoms with Gasteiger partial charge in [0.2, 0.25) is 0 Å². The fourth-order valence-corrected chi connectivity index (χ4v) is 7.61. The van der Waals surface area contributed by atoms with Gasteiger partial charge in [-0.05, 0) is 51.5 Å². The van der Waals surface area contributed by atoms with Gasteiger partial charge in [0, 0.05) is 58.8 Å². The number of hydrogen-bond acceptors (Lipinski definition) is 11. The molecule has 0 radical (unpaired) electrons. The van der Waals surface area contributed by atoms with Gasteiger partial charge in [0.15, 0.2) is 11.9 Å². The molecule has 0 saturated heterocycles. The summed E-state index contributed by atoms with van der Waals surface area (Å²) in [5.74, 6) is -4.41. The lowest BCUT2D eigenvalue weighted by Crippen LogP contribution is -2.55. The molecule has 0 aromatic carbocycles. The van der Waals surface area contributed by atoms with Gasteiger partial charge in [0.1, 0.15) is 23.9 Å². The fourth-order valence-electron chi connectivity index (χ4n) is 7.61. The first-order valence-corrected chi connectivity index (χ1v) is 14.0. The van der Waals surface area contributed by atoms with E-state index in [4.69, 9.17) is 23.7 Å². The minimum atomic E-state index is -1.39. The summed E-state index contributed by atoms with van der Waals surface area (Å²) in [4.78, 5) is 75.7. The van der Waals surface area contributed by atoms with Crippen LogP contribution in [0.1, 0.15) is 87.5 Å². The highest BCUT2D eigenvalue weighted by Crippen LogP contribution is 2.65. The van der Waals surface area contributed by atoms with Gasteiger partial charge in [-0.15, -0.1) is 0 Å². The highest BCUT2D eigenvalue weighted by atomic mass is 16.6. The zero-order chi connectivity index (χ0) is 31.1. The average Bonchev–Trinajstić information content (AvgIpc) is 2.93. The molecule has 0 amide bonds. The number of hydrogen-bond donors (Lipinski definition) is 0. The number of Topliss-reactive ketones (excluding diaryl/α,β-unsaturated/α-hetero) is 1. The first kappa shape index (κ1) is 32.3. The Kier molecular flexibility index (Phi) is 9.10. The number of fused-ring (bicyclic) bond motifs is 1. The van der Waals surface area contributed by atoms with Crippen LogP contribution in [0.5, 0.6) is 0 Å². The highest BCUT2D eigenvalue weighted by Gasteiger charge is 2.69. The highest BCUT2D eigenvalue weighted by molar-refractivity contribution is 5.91. The number of rotatable bonds is 5. The van der Waals surface area contributed by atoms with E-state index in [9.17, 15) is 28.8 Å². The van der Waals surface area contributed by atoms with Crippen LogP contribution in [0.25, 0.3) is 0 Å². The topological polar surface area (TPSA) is 149 Å². The van der Waals surface area contributed by atoms with E-state index in [-0.39, 0.29) is 19.3 Å². The van der Waals surface area contributed by atoms with E-state index in [1.165, 1.54) is 34.6 Å². The van der Waals surface area contributed by atoms with Gasteiger partial charge in [-0.2, -0.15) is 0 Å². The second kappa shape index (κ2) is 11.6. The maximum Gasteiger partial charge on any atom is 0.303 e. The van der Waals surface area contributed by atoms with E-state index in [0.29, 0.717) is 18.4 Å². The Morgan fingerprint density at radius 2 is 1.29 bits per heavy atom. The fraction of sp³-hybridized carbons (Fsp3) is 0.733. The molecule has 0 heterocycles. The van der Waals surface area contributed by atoms with Crippen LogP contribution >= 0.6 is 0 Å². The van der Waals surface area contributed by atoms with Crippen molar-refractivity contribution < 1.29 is 52.5 Å². The Morgan fingerprint density at radius 3 is 1.80 bits per heavy atom. The third-order valence-corrected chi connectivity index (χ3v) is 9.04. The molecule has 1 spiro atoms. The van der Waals surface area contributed by atoms with Gasteiger partial charge in [-0.25, -0.2) is 0 Å². The first-order chi connectivity index (χ1) is 18.8. The van der Waals surface area contributed by atoms with Crippen molar-refractivity contribution in [3.05, 3.63) is 12.2 Å². The van der Waals surface area contributed by atoms with Gasteiger partial charge in [-0.3, -0.25) is 28.8 Å². The molecule has 8 atom stereocenters. The van der Waals surface area contributed by atoms with E-state index in [1.807, 2.05) is 0 Å².